The Balaban J connectivity index is 1.79. The highest BCUT2D eigenvalue weighted by atomic mass is 16.5. The highest BCUT2D eigenvalue weighted by Crippen LogP contribution is 2.42. The summed E-state index contributed by atoms with van der Waals surface area (Å²) in [6.45, 7) is 5.61. The smallest absolute Gasteiger partial charge is 0.218 e. The maximum absolute atomic E-state index is 13.2. The highest BCUT2D eigenvalue weighted by molar-refractivity contribution is 5.90. The van der Waals surface area contributed by atoms with Gasteiger partial charge in [0, 0.05) is 12.0 Å². The van der Waals surface area contributed by atoms with Crippen molar-refractivity contribution < 1.29 is 9.53 Å². The average molecular weight is 349 g/mol. The van der Waals surface area contributed by atoms with Gasteiger partial charge in [-0.25, -0.2) is 9.97 Å². The van der Waals surface area contributed by atoms with E-state index in [0.717, 1.165) is 19.3 Å². The molecule has 134 valence electrons. The van der Waals surface area contributed by atoms with Crippen LogP contribution in [-0.4, -0.2) is 21.4 Å². The third-order valence-corrected chi connectivity index (χ3v) is 5.07. The van der Waals surface area contributed by atoms with Crippen molar-refractivity contribution in [3.05, 3.63) is 53.5 Å². The Morgan fingerprint density at radius 3 is 2.65 bits per heavy atom. The minimum absolute atomic E-state index is 0.0648. The number of nitriles is 1. The van der Waals surface area contributed by atoms with E-state index in [1.807, 2.05) is 6.07 Å². The van der Waals surface area contributed by atoms with Crippen LogP contribution in [0.15, 0.2) is 36.7 Å². The van der Waals surface area contributed by atoms with Crippen molar-refractivity contribution in [1.29, 1.82) is 5.26 Å². The first-order valence-electron chi connectivity index (χ1n) is 8.93. The number of hydrogen-bond donors (Lipinski definition) is 0. The van der Waals surface area contributed by atoms with Crippen LogP contribution in [0.4, 0.5) is 0 Å². The minimum atomic E-state index is -1.01. The third-order valence-electron chi connectivity index (χ3n) is 5.07. The lowest BCUT2D eigenvalue weighted by Gasteiger charge is -2.30. The van der Waals surface area contributed by atoms with Crippen LogP contribution in [0, 0.1) is 24.2 Å². The number of ketones is 1. The predicted octanol–water partition coefficient (Wildman–Crippen LogP) is 3.97. The molecule has 0 radical (unpaired) electrons. The average Bonchev–Trinajstić information content (AvgIpc) is 3.11. The van der Waals surface area contributed by atoms with Gasteiger partial charge in [-0.05, 0) is 45.1 Å². The summed E-state index contributed by atoms with van der Waals surface area (Å²) in [5.74, 6) is 0.494. The molecule has 5 heteroatoms. The summed E-state index contributed by atoms with van der Waals surface area (Å²) in [7, 11) is 0. The Hall–Kier alpha value is -2.74. The monoisotopic (exact) mass is 349 g/mol. The van der Waals surface area contributed by atoms with E-state index in [-0.39, 0.29) is 29.2 Å². The molecule has 5 nitrogen and oxygen atoms in total. The molecule has 1 heterocycles. The molecule has 0 N–H and O–H groups in total. The Bertz CT molecular complexity index is 837. The number of rotatable bonds is 5. The molecule has 0 spiro atoms. The molecule has 2 aromatic rings. The Labute approximate surface area is 154 Å². The summed E-state index contributed by atoms with van der Waals surface area (Å²) in [5.41, 5.74) is 1.64. The molecule has 2 unspecified atom stereocenters. The molecule has 3 rings (SSSR count). The topological polar surface area (TPSA) is 75.9 Å². The van der Waals surface area contributed by atoms with Crippen LogP contribution < -0.4 is 4.74 Å². The van der Waals surface area contributed by atoms with Crippen molar-refractivity contribution >= 4 is 5.78 Å². The molecule has 1 aromatic heterocycles. The van der Waals surface area contributed by atoms with Gasteiger partial charge in [-0.2, -0.15) is 5.26 Å². The molecule has 26 heavy (non-hydrogen) atoms. The molecule has 0 aliphatic heterocycles. The number of ether oxygens (including phenoxy) is 1. The maximum Gasteiger partial charge on any atom is 0.218 e. The van der Waals surface area contributed by atoms with Gasteiger partial charge < -0.3 is 4.74 Å². The lowest BCUT2D eigenvalue weighted by Crippen LogP contribution is -2.43. The van der Waals surface area contributed by atoms with Crippen LogP contribution in [0.3, 0.4) is 0 Å². The molecular weight excluding hydrogens is 326 g/mol. The molecule has 0 amide bonds. The van der Waals surface area contributed by atoms with Gasteiger partial charge in [0.1, 0.15) is 18.1 Å². The quantitative estimate of drug-likeness (QED) is 0.816. The van der Waals surface area contributed by atoms with Crippen LogP contribution in [-0.2, 0) is 4.79 Å². The number of hydrogen-bond acceptors (Lipinski definition) is 5. The Morgan fingerprint density at radius 2 is 1.96 bits per heavy atom. The van der Waals surface area contributed by atoms with Gasteiger partial charge in [0.2, 0.25) is 5.88 Å². The first-order valence-corrected chi connectivity index (χ1v) is 8.93. The maximum atomic E-state index is 13.2. The van der Waals surface area contributed by atoms with E-state index in [4.69, 9.17) is 10.00 Å². The number of aromatic nitrogens is 2. The normalized spacial score (nSPS) is 19.8. The zero-order valence-corrected chi connectivity index (χ0v) is 15.4. The second kappa shape index (κ2) is 7.25. The van der Waals surface area contributed by atoms with Gasteiger partial charge in [-0.1, -0.05) is 36.2 Å². The summed E-state index contributed by atoms with van der Waals surface area (Å²) < 4.78 is 5.87. The van der Waals surface area contributed by atoms with Gasteiger partial charge in [0.05, 0.1) is 0 Å². The summed E-state index contributed by atoms with van der Waals surface area (Å²) in [5, 5.41) is 8.96. The standard InChI is InChI=1S/C21H23N3O2/c1-14-7-9-15(10-8-14)17-5-4-6-18(17)20(25)21(2,3)26-19-11-16(12-22)23-13-24-19/h7-11,13,17-18H,4-6H2,1-3H3. The molecular formula is C21H23N3O2. The van der Waals surface area contributed by atoms with Crippen LogP contribution in [0.25, 0.3) is 0 Å². The fourth-order valence-corrected chi connectivity index (χ4v) is 3.70. The minimum Gasteiger partial charge on any atom is -0.463 e. The number of benzene rings is 1. The van der Waals surface area contributed by atoms with Gasteiger partial charge in [0.25, 0.3) is 0 Å². The fourth-order valence-electron chi connectivity index (χ4n) is 3.70. The number of carbonyl (C=O) groups is 1. The van der Waals surface area contributed by atoms with Crippen LogP contribution >= 0.6 is 0 Å². The van der Waals surface area contributed by atoms with Crippen LogP contribution in [0.2, 0.25) is 0 Å². The molecule has 1 fully saturated rings. The predicted molar refractivity (Wildman–Crippen MR) is 97.7 cm³/mol. The molecule has 1 saturated carbocycles. The van der Waals surface area contributed by atoms with E-state index < -0.39 is 5.60 Å². The van der Waals surface area contributed by atoms with Crippen molar-refractivity contribution in [2.24, 2.45) is 5.92 Å². The first kappa shape index (κ1) is 18.1. The van der Waals surface area contributed by atoms with E-state index in [0.29, 0.717) is 0 Å². The molecule has 0 bridgehead atoms. The molecule has 1 aliphatic rings. The van der Waals surface area contributed by atoms with Crippen molar-refractivity contribution in [3.8, 4) is 11.9 Å². The summed E-state index contributed by atoms with van der Waals surface area (Å²) in [6, 6.07) is 11.9. The van der Waals surface area contributed by atoms with Crippen molar-refractivity contribution in [1.82, 2.24) is 9.97 Å². The number of carbonyl (C=O) groups excluding carboxylic acids is 1. The molecule has 1 aromatic carbocycles. The first-order chi connectivity index (χ1) is 12.4. The van der Waals surface area contributed by atoms with E-state index in [2.05, 4.69) is 41.2 Å². The molecule has 1 aliphatic carbocycles. The zero-order valence-electron chi connectivity index (χ0n) is 15.4. The number of aryl methyl sites for hydroxylation is 1. The van der Waals surface area contributed by atoms with Crippen molar-refractivity contribution in [2.75, 3.05) is 0 Å². The Kier molecular flexibility index (Phi) is 5.03. The largest absolute Gasteiger partial charge is 0.463 e. The molecule has 2 atom stereocenters. The second-order valence-electron chi connectivity index (χ2n) is 7.38. The summed E-state index contributed by atoms with van der Waals surface area (Å²) in [6.07, 6.45) is 4.20. The second-order valence-corrected chi connectivity index (χ2v) is 7.38. The third kappa shape index (κ3) is 3.75. The van der Waals surface area contributed by atoms with E-state index in [1.54, 1.807) is 13.8 Å². The van der Waals surface area contributed by atoms with E-state index in [9.17, 15) is 4.79 Å². The van der Waals surface area contributed by atoms with Gasteiger partial charge in [-0.15, -0.1) is 0 Å². The Morgan fingerprint density at radius 1 is 1.23 bits per heavy atom. The summed E-state index contributed by atoms with van der Waals surface area (Å²) in [4.78, 5) is 21.1. The van der Waals surface area contributed by atoms with Gasteiger partial charge in [-0.3, -0.25) is 4.79 Å². The number of nitrogens with zero attached hydrogens (tertiary/aromatic N) is 3. The van der Waals surface area contributed by atoms with Gasteiger partial charge >= 0.3 is 0 Å². The molecule has 0 saturated heterocycles. The van der Waals surface area contributed by atoms with E-state index >= 15 is 0 Å². The van der Waals surface area contributed by atoms with E-state index in [1.165, 1.54) is 23.5 Å². The lowest BCUT2D eigenvalue weighted by atomic mass is 9.81. The van der Waals surface area contributed by atoms with Gasteiger partial charge in [0.15, 0.2) is 11.4 Å². The lowest BCUT2D eigenvalue weighted by molar-refractivity contribution is -0.136. The van der Waals surface area contributed by atoms with Crippen molar-refractivity contribution in [3.63, 3.8) is 0 Å². The SMILES string of the molecule is Cc1ccc(C2CCCC2C(=O)C(C)(C)Oc2cc(C#N)ncn2)cc1. The fraction of sp³-hybridized carbons (Fsp3) is 0.429. The highest BCUT2D eigenvalue weighted by Gasteiger charge is 2.42. The van der Waals surface area contributed by atoms with Crippen LogP contribution in [0.5, 0.6) is 5.88 Å². The number of Topliss-reactive ketones (excluding diaryl/α,β-unsaturated/α-hetero) is 1. The van der Waals surface area contributed by atoms with Crippen LogP contribution in [0.1, 0.15) is 55.8 Å². The summed E-state index contributed by atoms with van der Waals surface area (Å²) >= 11 is 0. The zero-order chi connectivity index (χ0) is 18.7. The van der Waals surface area contributed by atoms with Crippen molar-refractivity contribution in [2.45, 2.75) is 51.6 Å².